The van der Waals surface area contributed by atoms with Gasteiger partial charge in [0.15, 0.2) is 0 Å². The molecule has 2 aliphatic carbocycles. The quantitative estimate of drug-likeness (QED) is 0.806. The van der Waals surface area contributed by atoms with Crippen LogP contribution in [0.3, 0.4) is 0 Å². The smallest absolute Gasteiger partial charge is 0.257 e. The molecule has 2 heterocycles. The van der Waals surface area contributed by atoms with Crippen LogP contribution in [0.5, 0.6) is 0 Å². The highest BCUT2D eigenvalue weighted by atomic mass is 32.1. The lowest BCUT2D eigenvalue weighted by Crippen LogP contribution is -2.20. The summed E-state index contributed by atoms with van der Waals surface area (Å²) >= 11 is 3.40. The zero-order valence-corrected chi connectivity index (χ0v) is 15.2. The van der Waals surface area contributed by atoms with Crippen molar-refractivity contribution < 1.29 is 4.79 Å². The molecule has 0 radical (unpaired) electrons. The Hall–Kier alpha value is -1.17. The number of amides is 1. The number of nitrogens with one attached hydrogen (secondary N) is 2. The molecule has 2 fully saturated rings. The Morgan fingerprint density at radius 2 is 2.09 bits per heavy atom. The minimum atomic E-state index is 0.0231. The summed E-state index contributed by atoms with van der Waals surface area (Å²) in [6.45, 7) is 5.28. The van der Waals surface area contributed by atoms with E-state index >= 15 is 0 Å². The van der Waals surface area contributed by atoms with Gasteiger partial charge in [-0.15, -0.1) is 22.7 Å². The van der Waals surface area contributed by atoms with Crippen LogP contribution in [0.25, 0.3) is 0 Å². The van der Waals surface area contributed by atoms with Crippen LogP contribution in [-0.2, 0) is 0 Å². The fourth-order valence-corrected chi connectivity index (χ4v) is 4.94. The molecule has 0 saturated heterocycles. The summed E-state index contributed by atoms with van der Waals surface area (Å²) in [7, 11) is 0. The van der Waals surface area contributed by atoms with Crippen LogP contribution < -0.4 is 10.6 Å². The van der Waals surface area contributed by atoms with Gasteiger partial charge < -0.3 is 10.6 Å². The third-order valence-electron chi connectivity index (χ3n) is 4.68. The van der Waals surface area contributed by atoms with Gasteiger partial charge in [-0.25, -0.2) is 0 Å². The number of hydrogen-bond acceptors (Lipinski definition) is 4. The van der Waals surface area contributed by atoms with Crippen LogP contribution in [-0.4, -0.2) is 18.5 Å². The summed E-state index contributed by atoms with van der Waals surface area (Å²) in [5, 5.41) is 7.62. The summed E-state index contributed by atoms with van der Waals surface area (Å²) < 4.78 is 0. The third kappa shape index (κ3) is 3.52. The second kappa shape index (κ2) is 6.04. The molecule has 4 rings (SSSR count). The van der Waals surface area contributed by atoms with Gasteiger partial charge in [-0.2, -0.15) is 0 Å². The molecule has 2 saturated carbocycles. The van der Waals surface area contributed by atoms with E-state index in [1.807, 2.05) is 12.1 Å². The second-order valence-electron chi connectivity index (χ2n) is 6.78. The molecule has 2 atom stereocenters. The van der Waals surface area contributed by atoms with Crippen LogP contribution in [0.2, 0.25) is 0 Å². The van der Waals surface area contributed by atoms with E-state index in [1.165, 1.54) is 35.6 Å². The highest BCUT2D eigenvalue weighted by Gasteiger charge is 2.40. The van der Waals surface area contributed by atoms with Gasteiger partial charge in [-0.05, 0) is 63.8 Å². The first-order valence-corrected chi connectivity index (χ1v) is 9.95. The minimum absolute atomic E-state index is 0.0231. The van der Waals surface area contributed by atoms with Crippen molar-refractivity contribution in [3.05, 3.63) is 38.4 Å². The Labute approximate surface area is 145 Å². The molecule has 2 unspecified atom stereocenters. The average Bonchev–Trinajstić information content (AvgIpc) is 3.40. The Bertz CT molecular complexity index is 729. The Morgan fingerprint density at radius 3 is 2.78 bits per heavy atom. The van der Waals surface area contributed by atoms with Crippen LogP contribution in [0.4, 0.5) is 5.00 Å². The molecule has 0 aromatic carbocycles. The standard InChI is InChI=1S/C18H22N2OS2/c1-10-3-6-17(22-10)20-18(21)13-8-16(23-11(13)2)14-7-15(14)19-9-12-4-5-12/h3,6,8,12,14-15,19H,4-5,7,9H2,1-2H3,(H,20,21). The Kier molecular flexibility index (Phi) is 4.03. The fourth-order valence-electron chi connectivity index (χ4n) is 2.97. The second-order valence-corrected chi connectivity index (χ2v) is 9.36. The lowest BCUT2D eigenvalue weighted by atomic mass is 10.2. The van der Waals surface area contributed by atoms with Crippen molar-refractivity contribution in [1.82, 2.24) is 5.32 Å². The highest BCUT2D eigenvalue weighted by molar-refractivity contribution is 7.16. The van der Waals surface area contributed by atoms with Crippen LogP contribution in [0.1, 0.15) is 50.2 Å². The van der Waals surface area contributed by atoms with E-state index in [0.717, 1.165) is 21.4 Å². The molecule has 1 amide bonds. The maximum Gasteiger partial charge on any atom is 0.257 e. The summed E-state index contributed by atoms with van der Waals surface area (Å²) in [5.41, 5.74) is 0.837. The third-order valence-corrected chi connectivity index (χ3v) is 6.78. The molecule has 0 aliphatic heterocycles. The van der Waals surface area contributed by atoms with Crippen molar-refractivity contribution in [3.63, 3.8) is 0 Å². The number of carbonyl (C=O) groups excluding carboxylic acids is 1. The summed E-state index contributed by atoms with van der Waals surface area (Å²) in [4.78, 5) is 16.2. The predicted molar refractivity (Wildman–Crippen MR) is 97.9 cm³/mol. The summed E-state index contributed by atoms with van der Waals surface area (Å²) in [6.07, 6.45) is 4.02. The van der Waals surface area contributed by atoms with Crippen molar-refractivity contribution in [3.8, 4) is 0 Å². The van der Waals surface area contributed by atoms with Gasteiger partial charge in [0.2, 0.25) is 0 Å². The number of aryl methyl sites for hydroxylation is 2. The van der Waals surface area contributed by atoms with Gasteiger partial charge in [0.25, 0.3) is 5.91 Å². The first-order chi connectivity index (χ1) is 11.1. The minimum Gasteiger partial charge on any atom is -0.314 e. The topological polar surface area (TPSA) is 41.1 Å². The normalized spacial score (nSPS) is 23.0. The Morgan fingerprint density at radius 1 is 1.26 bits per heavy atom. The van der Waals surface area contributed by atoms with Crippen LogP contribution >= 0.6 is 22.7 Å². The number of anilines is 1. The monoisotopic (exact) mass is 346 g/mol. The number of thiophene rings is 2. The molecule has 2 aromatic rings. The van der Waals surface area contributed by atoms with E-state index < -0.39 is 0 Å². The molecule has 5 heteroatoms. The maximum absolute atomic E-state index is 12.5. The van der Waals surface area contributed by atoms with Crippen LogP contribution in [0, 0.1) is 19.8 Å². The van der Waals surface area contributed by atoms with Crippen molar-refractivity contribution in [2.24, 2.45) is 5.92 Å². The number of carbonyl (C=O) groups is 1. The summed E-state index contributed by atoms with van der Waals surface area (Å²) in [5.74, 6) is 1.56. The van der Waals surface area contributed by atoms with Crippen molar-refractivity contribution in [2.45, 2.75) is 45.1 Å². The molecule has 0 bridgehead atoms. The zero-order chi connectivity index (χ0) is 16.0. The zero-order valence-electron chi connectivity index (χ0n) is 13.5. The summed E-state index contributed by atoms with van der Waals surface area (Å²) in [6, 6.07) is 6.75. The van der Waals surface area contributed by atoms with Crippen molar-refractivity contribution in [2.75, 3.05) is 11.9 Å². The van der Waals surface area contributed by atoms with Gasteiger partial charge >= 0.3 is 0 Å². The average molecular weight is 347 g/mol. The Balaban J connectivity index is 1.39. The fraction of sp³-hybridized carbons (Fsp3) is 0.500. The maximum atomic E-state index is 12.5. The molecule has 3 nitrogen and oxygen atoms in total. The number of hydrogen-bond donors (Lipinski definition) is 2. The molecule has 2 aromatic heterocycles. The molecular weight excluding hydrogens is 324 g/mol. The van der Waals surface area contributed by atoms with Crippen molar-refractivity contribution in [1.29, 1.82) is 0 Å². The van der Waals surface area contributed by atoms with Gasteiger partial charge in [0, 0.05) is 26.6 Å². The van der Waals surface area contributed by atoms with E-state index in [2.05, 4.69) is 30.5 Å². The molecule has 23 heavy (non-hydrogen) atoms. The van der Waals surface area contributed by atoms with E-state index in [-0.39, 0.29) is 5.91 Å². The molecule has 0 spiro atoms. The van der Waals surface area contributed by atoms with E-state index in [4.69, 9.17) is 0 Å². The van der Waals surface area contributed by atoms with Crippen LogP contribution in [0.15, 0.2) is 18.2 Å². The van der Waals surface area contributed by atoms with E-state index in [1.54, 1.807) is 22.7 Å². The predicted octanol–water partition coefficient (Wildman–Crippen LogP) is 4.53. The largest absolute Gasteiger partial charge is 0.314 e. The number of rotatable bonds is 6. The first kappa shape index (κ1) is 15.4. The molecule has 2 N–H and O–H groups in total. The molecule has 2 aliphatic rings. The van der Waals surface area contributed by atoms with E-state index in [0.29, 0.717) is 12.0 Å². The van der Waals surface area contributed by atoms with Gasteiger partial charge in [-0.3, -0.25) is 4.79 Å². The lowest BCUT2D eigenvalue weighted by Gasteiger charge is -2.01. The van der Waals surface area contributed by atoms with Crippen molar-refractivity contribution >= 4 is 33.6 Å². The van der Waals surface area contributed by atoms with Gasteiger partial charge in [0.1, 0.15) is 0 Å². The SMILES string of the molecule is Cc1ccc(NC(=O)c2cc(C3CC3NCC3CC3)sc2C)s1. The van der Waals surface area contributed by atoms with Gasteiger partial charge in [-0.1, -0.05) is 0 Å². The lowest BCUT2D eigenvalue weighted by molar-refractivity contribution is 0.102. The highest BCUT2D eigenvalue weighted by Crippen LogP contribution is 2.45. The van der Waals surface area contributed by atoms with Gasteiger partial charge in [0.05, 0.1) is 10.6 Å². The molecular formula is C18H22N2OS2. The molecule has 122 valence electrons. The first-order valence-electron chi connectivity index (χ1n) is 8.31. The van der Waals surface area contributed by atoms with E-state index in [9.17, 15) is 4.79 Å².